The lowest BCUT2D eigenvalue weighted by Gasteiger charge is -2.20. The highest BCUT2D eigenvalue weighted by Gasteiger charge is 2.26. The number of ether oxygens (including phenoxy) is 2. The smallest absolute Gasteiger partial charge is 0.457 e. The number of phosphoric ester groups is 1. The predicted molar refractivity (Wildman–Crippen MR) is 251 cm³/mol. The molecule has 3 unspecified atom stereocenters. The predicted octanol–water partition coefficient (Wildman–Crippen LogP) is 12.8. The molecule has 0 heterocycles. The van der Waals surface area contributed by atoms with E-state index in [0.29, 0.717) is 13.0 Å². The van der Waals surface area contributed by atoms with E-state index in [4.69, 9.17) is 23.6 Å². The zero-order chi connectivity index (χ0) is 43.9. The number of carbonyl (C=O) groups is 1. The summed E-state index contributed by atoms with van der Waals surface area (Å²) in [4.78, 5) is 22.6. The lowest BCUT2D eigenvalue weighted by atomic mass is 10.1. The Morgan fingerprint density at radius 2 is 0.900 bits per heavy atom. The van der Waals surface area contributed by atoms with Gasteiger partial charge in [-0.15, -0.1) is 0 Å². The Morgan fingerprint density at radius 1 is 0.517 bits per heavy atom. The second-order valence-electron chi connectivity index (χ2n) is 14.3. The topological polar surface area (TPSA) is 132 Å². The van der Waals surface area contributed by atoms with Crippen molar-refractivity contribution in [2.24, 2.45) is 0 Å². The Kier molecular flexibility index (Phi) is 43.0. The monoisotopic (exact) mass is 857 g/mol. The first-order valence-corrected chi connectivity index (χ1v) is 24.0. The molecule has 3 N–H and O–H groups in total. The minimum atomic E-state index is -4.55. The molecule has 340 valence electrons. The van der Waals surface area contributed by atoms with Gasteiger partial charge in [0, 0.05) is 13.0 Å². The van der Waals surface area contributed by atoms with E-state index in [1.807, 2.05) is 0 Å². The number of unbranched alkanes of at least 4 members (excludes halogenated alkanes) is 7. The minimum absolute atomic E-state index is 0.00697. The molecule has 0 bridgehead atoms. The molecule has 0 radical (unpaired) electrons. The maximum atomic E-state index is 12.6. The van der Waals surface area contributed by atoms with Gasteiger partial charge in [-0.3, -0.25) is 13.8 Å². The minimum Gasteiger partial charge on any atom is -0.457 e. The van der Waals surface area contributed by atoms with E-state index in [0.717, 1.165) is 116 Å². The summed E-state index contributed by atoms with van der Waals surface area (Å²) in [6.45, 7) is 3.13. The summed E-state index contributed by atoms with van der Waals surface area (Å²) in [6, 6.07) is 0. The van der Waals surface area contributed by atoms with Gasteiger partial charge in [0.05, 0.1) is 26.4 Å². The van der Waals surface area contributed by atoms with Crippen molar-refractivity contribution < 1.29 is 43.0 Å². The summed E-state index contributed by atoms with van der Waals surface area (Å²) in [5.74, 6) is -0.424. The largest absolute Gasteiger partial charge is 0.472 e. The van der Waals surface area contributed by atoms with E-state index in [9.17, 15) is 19.4 Å². The standard InChI is InChI=1S/C50H81O9P/c1-3-5-7-9-11-13-15-17-19-21-22-23-24-25-27-29-31-33-35-37-39-41-43-56-46-49(47-58-60(54,55)57-45-48(52)44-51)59-50(53)42-40-38-36-34-32-30-28-26-20-18-16-14-12-10-8-6-4-2/h5-8,11-14,17-20,22-23,25,27-28,30-31,33,48-49,51-52H,3-4,9-10,15-16,21,24,26,29,32,34-47H2,1-2H3,(H,54,55)/b7-5-,8-6-,13-11-,14-12-,19-17-,20-18-,23-22-,27-25-,30-28-,33-31-. The molecule has 0 spiro atoms. The number of hydrogen-bond donors (Lipinski definition) is 3. The van der Waals surface area contributed by atoms with Crippen molar-refractivity contribution in [3.63, 3.8) is 0 Å². The highest BCUT2D eigenvalue weighted by molar-refractivity contribution is 7.47. The molecule has 0 aromatic heterocycles. The summed E-state index contributed by atoms with van der Waals surface area (Å²) in [6.07, 6.45) is 60.2. The summed E-state index contributed by atoms with van der Waals surface area (Å²) in [7, 11) is -4.55. The average molecular weight is 857 g/mol. The van der Waals surface area contributed by atoms with Crippen molar-refractivity contribution in [2.75, 3.05) is 33.0 Å². The van der Waals surface area contributed by atoms with Crippen molar-refractivity contribution in [3.8, 4) is 0 Å². The number of phosphoric acid groups is 1. The van der Waals surface area contributed by atoms with Crippen molar-refractivity contribution >= 4 is 13.8 Å². The number of rotatable bonds is 41. The second-order valence-corrected chi connectivity index (χ2v) is 15.8. The van der Waals surface area contributed by atoms with Crippen LogP contribution in [0.1, 0.15) is 142 Å². The van der Waals surface area contributed by atoms with Crippen LogP contribution in [0.3, 0.4) is 0 Å². The molecule has 0 saturated heterocycles. The van der Waals surface area contributed by atoms with Crippen LogP contribution in [0.5, 0.6) is 0 Å². The molecule has 60 heavy (non-hydrogen) atoms. The Balaban J connectivity index is 4.31. The summed E-state index contributed by atoms with van der Waals surface area (Å²) >= 11 is 0. The van der Waals surface area contributed by atoms with E-state index in [1.165, 1.54) is 0 Å². The van der Waals surface area contributed by atoms with Gasteiger partial charge in [-0.1, -0.05) is 155 Å². The molecule has 0 amide bonds. The number of hydrogen-bond acceptors (Lipinski definition) is 8. The SMILES string of the molecule is CC/C=C\C/C=C\C/C=C\C/C=C\C/C=C\C/C=C\CCCCCOCC(COP(=O)(O)OCC(O)CO)OC(=O)CCCCCC/C=C\C/C=C\C/C=C\C/C=C\CC. The van der Waals surface area contributed by atoms with Crippen LogP contribution in [0.2, 0.25) is 0 Å². The van der Waals surface area contributed by atoms with Gasteiger partial charge in [0.25, 0.3) is 0 Å². The third-order valence-electron chi connectivity index (χ3n) is 8.64. The van der Waals surface area contributed by atoms with Crippen LogP contribution in [0.15, 0.2) is 122 Å². The summed E-state index contributed by atoms with van der Waals surface area (Å²) in [5.41, 5.74) is 0. The van der Waals surface area contributed by atoms with Crippen LogP contribution in [0.25, 0.3) is 0 Å². The van der Waals surface area contributed by atoms with Gasteiger partial charge in [-0.25, -0.2) is 4.57 Å². The number of aliphatic hydroxyl groups is 2. The molecular weight excluding hydrogens is 776 g/mol. The average Bonchev–Trinajstić information content (AvgIpc) is 3.24. The molecule has 0 aliphatic carbocycles. The van der Waals surface area contributed by atoms with Crippen molar-refractivity contribution in [3.05, 3.63) is 122 Å². The van der Waals surface area contributed by atoms with E-state index in [1.54, 1.807) is 0 Å². The molecular formula is C50H81O9P. The zero-order valence-corrected chi connectivity index (χ0v) is 38.0. The third-order valence-corrected chi connectivity index (χ3v) is 9.59. The Hall–Kier alpha value is -3.14. The molecule has 0 saturated carbocycles. The van der Waals surface area contributed by atoms with Crippen LogP contribution in [0, 0.1) is 0 Å². The lowest BCUT2D eigenvalue weighted by Crippen LogP contribution is -2.29. The number of esters is 1. The maximum absolute atomic E-state index is 12.6. The van der Waals surface area contributed by atoms with Crippen LogP contribution in [-0.2, 0) is 27.9 Å². The number of aliphatic hydroxyl groups excluding tert-OH is 2. The molecule has 0 aromatic rings. The maximum Gasteiger partial charge on any atom is 0.472 e. The summed E-state index contributed by atoms with van der Waals surface area (Å²) < 4.78 is 33.3. The molecule has 0 aliphatic heterocycles. The van der Waals surface area contributed by atoms with Crippen molar-refractivity contribution in [1.29, 1.82) is 0 Å². The molecule has 3 atom stereocenters. The fourth-order valence-corrected chi connectivity index (χ4v) is 6.08. The van der Waals surface area contributed by atoms with Gasteiger partial charge in [-0.2, -0.15) is 0 Å². The fraction of sp³-hybridized carbons (Fsp3) is 0.580. The van der Waals surface area contributed by atoms with Crippen molar-refractivity contribution in [1.82, 2.24) is 0 Å². The van der Waals surface area contributed by atoms with Crippen molar-refractivity contribution in [2.45, 2.75) is 154 Å². The van der Waals surface area contributed by atoms with Gasteiger partial charge < -0.3 is 24.6 Å². The Morgan fingerprint density at radius 3 is 1.33 bits per heavy atom. The van der Waals surface area contributed by atoms with Gasteiger partial charge in [0.1, 0.15) is 12.2 Å². The molecule has 9 nitrogen and oxygen atoms in total. The van der Waals surface area contributed by atoms with E-state index < -0.39 is 45.8 Å². The Bertz CT molecular complexity index is 1340. The van der Waals surface area contributed by atoms with E-state index in [-0.39, 0.29) is 13.0 Å². The first-order chi connectivity index (χ1) is 29.3. The molecule has 0 aliphatic rings. The molecule has 10 heteroatoms. The quantitative estimate of drug-likeness (QED) is 0.0238. The van der Waals surface area contributed by atoms with E-state index >= 15 is 0 Å². The fourth-order valence-electron chi connectivity index (χ4n) is 5.29. The Labute approximate surface area is 364 Å². The highest BCUT2D eigenvalue weighted by Crippen LogP contribution is 2.43. The normalized spacial score (nSPS) is 15.1. The first kappa shape index (κ1) is 56.9. The van der Waals surface area contributed by atoms with Crippen LogP contribution >= 0.6 is 7.82 Å². The summed E-state index contributed by atoms with van der Waals surface area (Å²) in [5, 5.41) is 18.4. The lowest BCUT2D eigenvalue weighted by molar-refractivity contribution is -0.154. The molecule has 0 aromatic carbocycles. The highest BCUT2D eigenvalue weighted by atomic mass is 31.2. The van der Waals surface area contributed by atoms with Gasteiger partial charge >= 0.3 is 13.8 Å². The van der Waals surface area contributed by atoms with Gasteiger partial charge in [0.2, 0.25) is 0 Å². The number of carbonyl (C=O) groups excluding carboxylic acids is 1. The van der Waals surface area contributed by atoms with Crippen LogP contribution < -0.4 is 0 Å². The second kappa shape index (κ2) is 45.4. The van der Waals surface area contributed by atoms with E-state index in [2.05, 4.69) is 135 Å². The van der Waals surface area contributed by atoms with Gasteiger partial charge in [-0.05, 0) is 103 Å². The molecule has 0 fully saturated rings. The first-order valence-electron chi connectivity index (χ1n) is 22.5. The van der Waals surface area contributed by atoms with Crippen LogP contribution in [-0.4, -0.2) is 66.3 Å². The van der Waals surface area contributed by atoms with Crippen LogP contribution in [0.4, 0.5) is 0 Å². The zero-order valence-electron chi connectivity index (χ0n) is 37.1. The third kappa shape index (κ3) is 44.4. The van der Waals surface area contributed by atoms with Gasteiger partial charge in [0.15, 0.2) is 0 Å². The molecule has 0 rings (SSSR count). The number of allylic oxidation sites excluding steroid dienone is 20.